The second kappa shape index (κ2) is 7.86. The molecule has 124 valence electrons. The third-order valence-electron chi connectivity index (χ3n) is 3.07. The average Bonchev–Trinajstić information content (AvgIpc) is 2.50. The number of benzene rings is 2. The van der Waals surface area contributed by atoms with Gasteiger partial charge in [-0.3, -0.25) is 20.2 Å². The van der Waals surface area contributed by atoms with Crippen molar-refractivity contribution >= 4 is 68.8 Å². The van der Waals surface area contributed by atoms with Gasteiger partial charge in [0.25, 0.3) is 11.6 Å². The first-order valence-corrected chi connectivity index (χ1v) is 8.47. The first-order chi connectivity index (χ1) is 11.3. The quantitative estimate of drug-likeness (QED) is 0.299. The van der Waals surface area contributed by atoms with Gasteiger partial charge in [-0.05, 0) is 66.0 Å². The largest absolute Gasteiger partial charge is 0.331 e. The van der Waals surface area contributed by atoms with E-state index in [9.17, 15) is 14.9 Å². The highest BCUT2D eigenvalue weighted by Gasteiger charge is 2.16. The Balaban J connectivity index is 2.10. The third-order valence-corrected chi connectivity index (χ3v) is 4.26. The number of nitro benzene ring substituents is 1. The number of thiocarbonyl (C=S) groups is 1. The van der Waals surface area contributed by atoms with Gasteiger partial charge in [0.05, 0.1) is 15.6 Å². The van der Waals surface area contributed by atoms with E-state index in [2.05, 4.69) is 33.2 Å². The summed E-state index contributed by atoms with van der Waals surface area (Å²) < 4.78 is 0.963. The van der Waals surface area contributed by atoms with Crippen molar-refractivity contribution in [3.63, 3.8) is 0 Å². The number of carbonyl (C=O) groups is 1. The molecule has 0 heterocycles. The lowest BCUT2D eigenvalue weighted by atomic mass is 10.1. The summed E-state index contributed by atoms with van der Waals surface area (Å²) in [5, 5.41) is 16.7. The van der Waals surface area contributed by atoms with Crippen LogP contribution in [0.3, 0.4) is 0 Å². The van der Waals surface area contributed by atoms with Crippen LogP contribution in [0, 0.1) is 20.6 Å². The highest BCUT2D eigenvalue weighted by atomic mass is 127. The molecule has 2 N–H and O–H groups in total. The highest BCUT2D eigenvalue weighted by Crippen LogP contribution is 2.24. The van der Waals surface area contributed by atoms with Gasteiger partial charge in [-0.25, -0.2) is 0 Å². The number of rotatable bonds is 3. The van der Waals surface area contributed by atoms with Gasteiger partial charge < -0.3 is 5.32 Å². The van der Waals surface area contributed by atoms with Crippen LogP contribution in [0.15, 0.2) is 36.4 Å². The molecule has 2 aromatic carbocycles. The summed E-state index contributed by atoms with van der Waals surface area (Å²) in [6.45, 7) is 1.60. The molecule has 0 radical (unpaired) electrons. The Morgan fingerprint density at radius 3 is 2.62 bits per heavy atom. The Bertz CT molecular complexity index is 845. The fourth-order valence-corrected chi connectivity index (χ4v) is 2.97. The molecule has 0 spiro atoms. The van der Waals surface area contributed by atoms with Gasteiger partial charge >= 0.3 is 0 Å². The topological polar surface area (TPSA) is 84.3 Å². The van der Waals surface area contributed by atoms with E-state index in [4.69, 9.17) is 23.8 Å². The van der Waals surface area contributed by atoms with Crippen molar-refractivity contribution in [2.75, 3.05) is 5.32 Å². The van der Waals surface area contributed by atoms with E-state index in [0.29, 0.717) is 16.3 Å². The third kappa shape index (κ3) is 4.62. The Morgan fingerprint density at radius 2 is 2.00 bits per heavy atom. The van der Waals surface area contributed by atoms with Crippen molar-refractivity contribution in [1.82, 2.24) is 5.32 Å². The molecule has 0 saturated carbocycles. The van der Waals surface area contributed by atoms with Crippen molar-refractivity contribution in [1.29, 1.82) is 0 Å². The molecule has 0 saturated heterocycles. The number of nitrogens with one attached hydrogen (secondary N) is 2. The molecule has 0 aliphatic heterocycles. The number of carbonyl (C=O) groups excluding carboxylic acids is 1. The molecular weight excluding hydrogens is 465 g/mol. The van der Waals surface area contributed by atoms with Crippen molar-refractivity contribution < 1.29 is 9.72 Å². The Kier molecular flexibility index (Phi) is 6.08. The molecule has 0 aromatic heterocycles. The molecule has 0 unspecified atom stereocenters. The maximum atomic E-state index is 12.2. The molecule has 1 amide bonds. The summed E-state index contributed by atoms with van der Waals surface area (Å²) in [6.07, 6.45) is 0. The lowest BCUT2D eigenvalue weighted by Gasteiger charge is -2.11. The van der Waals surface area contributed by atoms with Crippen LogP contribution in [0.1, 0.15) is 15.9 Å². The molecule has 0 bridgehead atoms. The van der Waals surface area contributed by atoms with Gasteiger partial charge in [-0.2, -0.15) is 0 Å². The monoisotopic (exact) mass is 475 g/mol. The SMILES string of the molecule is Cc1ccc(C(=O)NC(=S)Nc2ccc(I)cc2Cl)cc1[N+](=O)[O-]. The van der Waals surface area contributed by atoms with Gasteiger partial charge in [0.15, 0.2) is 5.11 Å². The zero-order valence-corrected chi connectivity index (χ0v) is 16.0. The maximum Gasteiger partial charge on any atom is 0.273 e. The van der Waals surface area contributed by atoms with Gasteiger partial charge in [-0.1, -0.05) is 17.7 Å². The van der Waals surface area contributed by atoms with Crippen molar-refractivity contribution in [3.8, 4) is 0 Å². The molecular formula is C15H11ClIN3O3S. The summed E-state index contributed by atoms with van der Waals surface area (Å²) in [6, 6.07) is 9.54. The Labute approximate surface area is 161 Å². The van der Waals surface area contributed by atoms with E-state index < -0.39 is 10.8 Å². The fourth-order valence-electron chi connectivity index (χ4n) is 1.87. The van der Waals surface area contributed by atoms with Crippen molar-refractivity contribution in [2.24, 2.45) is 0 Å². The van der Waals surface area contributed by atoms with E-state index in [1.807, 2.05) is 6.07 Å². The molecule has 0 aliphatic carbocycles. The number of aryl methyl sites for hydroxylation is 1. The Hall–Kier alpha value is -1.78. The van der Waals surface area contributed by atoms with Crippen LogP contribution in [-0.2, 0) is 0 Å². The van der Waals surface area contributed by atoms with Crippen LogP contribution in [0.5, 0.6) is 0 Å². The first kappa shape index (κ1) is 18.6. The van der Waals surface area contributed by atoms with E-state index >= 15 is 0 Å². The van der Waals surface area contributed by atoms with Gasteiger partial charge in [-0.15, -0.1) is 0 Å². The van der Waals surface area contributed by atoms with Gasteiger partial charge in [0, 0.05) is 20.8 Å². The lowest BCUT2D eigenvalue weighted by molar-refractivity contribution is -0.385. The lowest BCUT2D eigenvalue weighted by Crippen LogP contribution is -2.34. The molecule has 24 heavy (non-hydrogen) atoms. The number of nitrogens with zero attached hydrogens (tertiary/aromatic N) is 1. The molecule has 2 aromatic rings. The molecule has 2 rings (SSSR count). The minimum absolute atomic E-state index is 0.0475. The predicted octanol–water partition coefficient (Wildman–Crippen LogP) is 4.29. The van der Waals surface area contributed by atoms with Crippen LogP contribution in [0.25, 0.3) is 0 Å². The summed E-state index contributed by atoms with van der Waals surface area (Å²) in [7, 11) is 0. The number of halogens is 2. The Morgan fingerprint density at radius 1 is 1.29 bits per heavy atom. The zero-order chi connectivity index (χ0) is 17.9. The molecule has 0 atom stereocenters. The van der Waals surface area contributed by atoms with Crippen LogP contribution in [-0.4, -0.2) is 15.9 Å². The number of nitro groups is 1. The van der Waals surface area contributed by atoms with Crippen LogP contribution in [0.2, 0.25) is 5.02 Å². The zero-order valence-electron chi connectivity index (χ0n) is 12.3. The fraction of sp³-hybridized carbons (Fsp3) is 0.0667. The smallest absolute Gasteiger partial charge is 0.273 e. The van der Waals surface area contributed by atoms with Crippen LogP contribution >= 0.6 is 46.4 Å². The summed E-state index contributed by atoms with van der Waals surface area (Å²) in [5.74, 6) is -0.544. The second-order valence-electron chi connectivity index (χ2n) is 4.79. The number of hydrogen-bond acceptors (Lipinski definition) is 4. The van der Waals surface area contributed by atoms with Crippen molar-refractivity contribution in [3.05, 3.63) is 66.2 Å². The highest BCUT2D eigenvalue weighted by molar-refractivity contribution is 14.1. The summed E-state index contributed by atoms with van der Waals surface area (Å²) in [4.78, 5) is 22.6. The number of amides is 1. The van der Waals surface area contributed by atoms with Crippen LogP contribution in [0.4, 0.5) is 11.4 Å². The molecule has 0 aliphatic rings. The minimum atomic E-state index is -0.544. The summed E-state index contributed by atoms with van der Waals surface area (Å²) >= 11 is 13.3. The molecule has 9 heteroatoms. The standard InChI is InChI=1S/C15H11ClIN3O3S/c1-8-2-3-9(6-13(8)20(22)23)14(21)19-15(24)18-12-5-4-10(17)7-11(12)16/h2-7H,1H3,(H2,18,19,21,24). The normalized spacial score (nSPS) is 10.1. The number of hydrogen-bond donors (Lipinski definition) is 2. The van der Waals surface area contributed by atoms with Crippen molar-refractivity contribution in [2.45, 2.75) is 6.92 Å². The van der Waals surface area contributed by atoms with Gasteiger partial charge in [0.1, 0.15) is 0 Å². The molecule has 0 fully saturated rings. The van der Waals surface area contributed by atoms with Gasteiger partial charge in [0.2, 0.25) is 0 Å². The maximum absolute atomic E-state index is 12.2. The van der Waals surface area contributed by atoms with Crippen LogP contribution < -0.4 is 10.6 Å². The minimum Gasteiger partial charge on any atom is -0.331 e. The number of anilines is 1. The van der Waals surface area contributed by atoms with E-state index in [-0.39, 0.29) is 16.4 Å². The van der Waals surface area contributed by atoms with E-state index in [0.717, 1.165) is 3.57 Å². The predicted molar refractivity (Wildman–Crippen MR) is 106 cm³/mol. The molecule has 6 nitrogen and oxygen atoms in total. The summed E-state index contributed by atoms with van der Waals surface area (Å²) in [5.41, 5.74) is 1.05. The second-order valence-corrected chi connectivity index (χ2v) is 6.85. The van der Waals surface area contributed by atoms with E-state index in [1.165, 1.54) is 18.2 Å². The average molecular weight is 476 g/mol. The first-order valence-electron chi connectivity index (χ1n) is 6.60. The van der Waals surface area contributed by atoms with E-state index in [1.54, 1.807) is 19.1 Å².